The van der Waals surface area contributed by atoms with Gasteiger partial charge in [0.25, 0.3) is 0 Å². The van der Waals surface area contributed by atoms with Crippen LogP contribution < -0.4 is 4.74 Å². The highest BCUT2D eigenvalue weighted by molar-refractivity contribution is 9.10. The van der Waals surface area contributed by atoms with Crippen LogP contribution >= 0.6 is 15.9 Å². The number of ether oxygens (including phenoxy) is 1. The van der Waals surface area contributed by atoms with Crippen molar-refractivity contribution in [3.63, 3.8) is 0 Å². The van der Waals surface area contributed by atoms with Crippen LogP contribution in [0.25, 0.3) is 0 Å². The quantitative estimate of drug-likeness (QED) is 0.334. The van der Waals surface area contributed by atoms with Crippen LogP contribution in [0.3, 0.4) is 0 Å². The summed E-state index contributed by atoms with van der Waals surface area (Å²) in [4.78, 5) is 10.9. The van der Waals surface area contributed by atoms with Crippen LogP contribution in [0, 0.1) is 5.21 Å². The topological polar surface area (TPSA) is 53.8 Å². The summed E-state index contributed by atoms with van der Waals surface area (Å²) in [5.74, 6) is 0.694. The van der Waals surface area contributed by atoms with Crippen LogP contribution in [0.1, 0.15) is 25.5 Å². The maximum Gasteiger partial charge on any atom is 0.241 e. The Labute approximate surface area is 149 Å². The molecular weight excluding hydrogens is 374 g/mol. The second-order valence-electron chi connectivity index (χ2n) is 6.00. The van der Waals surface area contributed by atoms with E-state index in [1.54, 1.807) is 31.4 Å². The van der Waals surface area contributed by atoms with E-state index in [4.69, 9.17) is 14.5 Å². The number of halogens is 1. The minimum Gasteiger partial charge on any atom is -0.618 e. The SMILES string of the molecule is COc1ccc(/[N+]([O-])=C2/C(c3ccc(Br)cc3)OOC2(C)C)cc1. The van der Waals surface area contributed by atoms with Gasteiger partial charge in [0.1, 0.15) is 5.75 Å². The Morgan fingerprint density at radius 1 is 1.08 bits per heavy atom. The van der Waals surface area contributed by atoms with Gasteiger partial charge in [0.2, 0.25) is 17.5 Å². The lowest BCUT2D eigenvalue weighted by Crippen LogP contribution is -2.35. The number of nitrogens with zero attached hydrogens (tertiary/aromatic N) is 1. The van der Waals surface area contributed by atoms with E-state index >= 15 is 0 Å². The van der Waals surface area contributed by atoms with Gasteiger partial charge >= 0.3 is 0 Å². The highest BCUT2D eigenvalue weighted by atomic mass is 79.9. The molecule has 1 aliphatic rings. The summed E-state index contributed by atoms with van der Waals surface area (Å²) in [6.07, 6.45) is -0.562. The second-order valence-corrected chi connectivity index (χ2v) is 6.91. The molecule has 0 aromatic heterocycles. The molecule has 1 fully saturated rings. The molecule has 3 rings (SSSR count). The summed E-state index contributed by atoms with van der Waals surface area (Å²) >= 11 is 3.41. The Morgan fingerprint density at radius 3 is 2.29 bits per heavy atom. The lowest BCUT2D eigenvalue weighted by atomic mass is 9.94. The van der Waals surface area contributed by atoms with Crippen molar-refractivity contribution >= 4 is 27.3 Å². The van der Waals surface area contributed by atoms with E-state index in [-0.39, 0.29) is 0 Å². The Balaban J connectivity index is 2.06. The minimum absolute atomic E-state index is 0.495. The molecule has 0 radical (unpaired) electrons. The van der Waals surface area contributed by atoms with Crippen molar-refractivity contribution in [3.8, 4) is 5.75 Å². The molecule has 2 aromatic rings. The maximum absolute atomic E-state index is 13.0. The molecule has 5 nitrogen and oxygen atoms in total. The number of benzene rings is 2. The van der Waals surface area contributed by atoms with Crippen LogP contribution in [-0.2, 0) is 9.78 Å². The average Bonchev–Trinajstić information content (AvgIpc) is 2.90. The predicted molar refractivity (Wildman–Crippen MR) is 94.4 cm³/mol. The van der Waals surface area contributed by atoms with Crippen molar-refractivity contribution in [1.29, 1.82) is 0 Å². The first-order valence-electron chi connectivity index (χ1n) is 7.51. The third kappa shape index (κ3) is 3.17. The molecule has 2 aromatic carbocycles. The van der Waals surface area contributed by atoms with Gasteiger partial charge < -0.3 is 9.94 Å². The summed E-state index contributed by atoms with van der Waals surface area (Å²) < 4.78 is 6.97. The molecule has 1 aliphatic heterocycles. The fraction of sp³-hybridized carbons (Fsp3) is 0.278. The van der Waals surface area contributed by atoms with Crippen molar-refractivity contribution in [3.05, 3.63) is 63.8 Å². The average molecular weight is 392 g/mol. The van der Waals surface area contributed by atoms with Gasteiger partial charge in [0, 0.05) is 16.6 Å². The lowest BCUT2D eigenvalue weighted by molar-refractivity contribution is -0.367. The molecule has 0 bridgehead atoms. The summed E-state index contributed by atoms with van der Waals surface area (Å²) in [7, 11) is 1.59. The molecule has 24 heavy (non-hydrogen) atoms. The summed E-state index contributed by atoms with van der Waals surface area (Å²) in [6, 6.07) is 14.5. The van der Waals surface area contributed by atoms with Gasteiger partial charge in [-0.3, -0.25) is 0 Å². The number of methoxy groups -OCH3 is 1. The van der Waals surface area contributed by atoms with Crippen molar-refractivity contribution in [1.82, 2.24) is 0 Å². The van der Waals surface area contributed by atoms with E-state index in [1.165, 1.54) is 0 Å². The smallest absolute Gasteiger partial charge is 0.241 e. The largest absolute Gasteiger partial charge is 0.618 e. The monoisotopic (exact) mass is 391 g/mol. The Bertz CT molecular complexity index is 754. The van der Waals surface area contributed by atoms with E-state index < -0.39 is 11.7 Å². The molecule has 6 heteroatoms. The molecule has 0 N–H and O–H groups in total. The molecule has 1 saturated heterocycles. The van der Waals surface area contributed by atoms with Crippen molar-refractivity contribution in [2.24, 2.45) is 0 Å². The highest BCUT2D eigenvalue weighted by Crippen LogP contribution is 2.37. The van der Waals surface area contributed by atoms with E-state index in [0.29, 0.717) is 17.1 Å². The van der Waals surface area contributed by atoms with E-state index in [0.717, 1.165) is 14.8 Å². The molecule has 0 amide bonds. The van der Waals surface area contributed by atoms with Gasteiger partial charge in [-0.15, -0.1) is 0 Å². The molecule has 1 unspecified atom stereocenters. The van der Waals surface area contributed by atoms with Crippen LogP contribution in [0.4, 0.5) is 5.69 Å². The third-order valence-electron chi connectivity index (χ3n) is 3.92. The zero-order valence-corrected chi connectivity index (χ0v) is 15.2. The van der Waals surface area contributed by atoms with Gasteiger partial charge in [0.15, 0.2) is 5.60 Å². The molecule has 1 heterocycles. The van der Waals surface area contributed by atoms with E-state index in [9.17, 15) is 5.21 Å². The lowest BCUT2D eigenvalue weighted by Gasteiger charge is -2.17. The van der Waals surface area contributed by atoms with Gasteiger partial charge in [-0.25, -0.2) is 9.78 Å². The minimum atomic E-state index is -0.834. The molecule has 0 aliphatic carbocycles. The first-order valence-corrected chi connectivity index (χ1v) is 8.30. The van der Waals surface area contributed by atoms with Gasteiger partial charge in [-0.1, -0.05) is 28.1 Å². The van der Waals surface area contributed by atoms with Crippen LogP contribution in [0.15, 0.2) is 53.0 Å². The number of rotatable bonds is 3. The predicted octanol–water partition coefficient (Wildman–Crippen LogP) is 4.52. The van der Waals surface area contributed by atoms with E-state index in [1.807, 2.05) is 38.1 Å². The summed E-state index contributed by atoms with van der Waals surface area (Å²) in [5, 5.41) is 13.0. The molecule has 0 spiro atoms. The van der Waals surface area contributed by atoms with Gasteiger partial charge in [0.05, 0.1) is 7.11 Å². The molecular formula is C18H18BrNO4. The number of hydrogen-bond acceptors (Lipinski definition) is 4. The first-order chi connectivity index (χ1) is 11.4. The normalized spacial score (nSPS) is 21.6. The first kappa shape index (κ1) is 17.0. The zero-order chi connectivity index (χ0) is 17.3. The van der Waals surface area contributed by atoms with E-state index in [2.05, 4.69) is 15.9 Å². The van der Waals surface area contributed by atoms with Gasteiger partial charge in [-0.05, 0) is 43.7 Å². The summed E-state index contributed by atoms with van der Waals surface area (Å²) in [6.45, 7) is 3.63. The van der Waals surface area contributed by atoms with Crippen molar-refractivity contribution < 1.29 is 19.3 Å². The Morgan fingerprint density at radius 2 is 1.71 bits per heavy atom. The van der Waals surface area contributed by atoms with Crippen LogP contribution in [0.2, 0.25) is 0 Å². The fourth-order valence-corrected chi connectivity index (χ4v) is 2.90. The molecule has 1 atom stereocenters. The second kappa shape index (κ2) is 6.55. The van der Waals surface area contributed by atoms with Gasteiger partial charge in [-0.2, -0.15) is 4.74 Å². The van der Waals surface area contributed by atoms with Crippen LogP contribution in [0.5, 0.6) is 5.75 Å². The molecule has 0 saturated carbocycles. The van der Waals surface area contributed by atoms with Crippen molar-refractivity contribution in [2.75, 3.05) is 7.11 Å². The van der Waals surface area contributed by atoms with Crippen molar-refractivity contribution in [2.45, 2.75) is 25.6 Å². The summed E-state index contributed by atoms with van der Waals surface area (Å²) in [5.41, 5.74) is 1.01. The highest BCUT2D eigenvalue weighted by Gasteiger charge is 2.49. The van der Waals surface area contributed by atoms with Crippen LogP contribution in [-0.4, -0.2) is 23.2 Å². The maximum atomic E-state index is 13.0. The third-order valence-corrected chi connectivity index (χ3v) is 4.45. The Hall–Kier alpha value is -1.89. The standard InChI is InChI=1S/C18H18BrNO4/c1-18(2)17(20(21)14-8-10-15(22-3)11-9-14)16(23-24-18)12-4-6-13(19)7-5-12/h4-11,16H,1-3H3/b20-17+. The number of hydrogen-bond donors (Lipinski definition) is 0. The zero-order valence-electron chi connectivity index (χ0n) is 13.7. The fourth-order valence-electron chi connectivity index (χ4n) is 2.63. The molecule has 126 valence electrons. The Kier molecular flexibility index (Phi) is 4.62.